The molecule has 1 amide bonds. The highest BCUT2D eigenvalue weighted by Gasteiger charge is 2.35. The van der Waals surface area contributed by atoms with Crippen LogP contribution in [0.15, 0.2) is 51.8 Å². The van der Waals surface area contributed by atoms with E-state index in [1.807, 2.05) is 23.1 Å². The standard InChI is InChI=1S/C25H30BrClN4O3S2/c1-3-29(4-2)15-16-31(25-28-22-10-5-19(26)17-23(22)35-25)24(32)18-11-13-30(14-12-18)36(33,34)21-8-6-20(27)7-9-21/h5-10,17-18H,3-4,11-16H2,1-2H3. The predicted molar refractivity (Wildman–Crippen MR) is 150 cm³/mol. The van der Waals surface area contributed by atoms with Crippen molar-refractivity contribution in [2.45, 2.75) is 31.6 Å². The lowest BCUT2D eigenvalue weighted by molar-refractivity contribution is -0.123. The lowest BCUT2D eigenvalue weighted by Crippen LogP contribution is -2.46. The number of hydrogen-bond acceptors (Lipinski definition) is 6. The Morgan fingerprint density at radius 1 is 1.11 bits per heavy atom. The maximum Gasteiger partial charge on any atom is 0.243 e. The van der Waals surface area contributed by atoms with Gasteiger partial charge in [0.25, 0.3) is 0 Å². The zero-order chi connectivity index (χ0) is 25.9. The van der Waals surface area contributed by atoms with Crippen LogP contribution in [0.25, 0.3) is 10.2 Å². The Morgan fingerprint density at radius 2 is 1.78 bits per heavy atom. The van der Waals surface area contributed by atoms with Crippen LogP contribution < -0.4 is 4.90 Å². The molecule has 0 saturated carbocycles. The third-order valence-electron chi connectivity index (χ3n) is 6.62. The number of amides is 1. The fraction of sp³-hybridized carbons (Fsp3) is 0.440. The van der Waals surface area contributed by atoms with E-state index >= 15 is 0 Å². The Bertz CT molecular complexity index is 1300. The number of hydrogen-bond donors (Lipinski definition) is 0. The van der Waals surface area contributed by atoms with Gasteiger partial charge in [-0.05, 0) is 68.4 Å². The molecule has 1 fully saturated rings. The molecule has 11 heteroatoms. The Morgan fingerprint density at radius 3 is 2.42 bits per heavy atom. The number of fused-ring (bicyclic) bond motifs is 1. The van der Waals surface area contributed by atoms with E-state index in [4.69, 9.17) is 16.6 Å². The summed E-state index contributed by atoms with van der Waals surface area (Å²) in [5.41, 5.74) is 0.864. The first-order chi connectivity index (χ1) is 17.2. The topological polar surface area (TPSA) is 73.8 Å². The third kappa shape index (κ3) is 6.11. The first-order valence-electron chi connectivity index (χ1n) is 12.1. The van der Waals surface area contributed by atoms with Gasteiger partial charge >= 0.3 is 0 Å². The molecule has 7 nitrogen and oxygen atoms in total. The molecule has 194 valence electrons. The summed E-state index contributed by atoms with van der Waals surface area (Å²) in [5.74, 6) is -0.235. The Balaban J connectivity index is 1.51. The molecule has 1 aliphatic rings. The summed E-state index contributed by atoms with van der Waals surface area (Å²) >= 11 is 10.9. The maximum atomic E-state index is 13.8. The van der Waals surface area contributed by atoms with E-state index in [-0.39, 0.29) is 16.7 Å². The molecule has 2 aromatic carbocycles. The van der Waals surface area contributed by atoms with Gasteiger partial charge in [-0.1, -0.05) is 52.7 Å². The minimum absolute atomic E-state index is 0.0174. The van der Waals surface area contributed by atoms with E-state index in [0.717, 1.165) is 34.3 Å². The fourth-order valence-electron chi connectivity index (χ4n) is 4.40. The number of rotatable bonds is 9. The molecule has 4 rings (SSSR count). The predicted octanol–water partition coefficient (Wildman–Crippen LogP) is 5.49. The quantitative estimate of drug-likeness (QED) is 0.319. The third-order valence-corrected chi connectivity index (χ3v) is 10.3. The number of thiazole rings is 1. The van der Waals surface area contributed by atoms with Crippen LogP contribution in [0.4, 0.5) is 5.13 Å². The molecule has 2 heterocycles. The summed E-state index contributed by atoms with van der Waals surface area (Å²) < 4.78 is 29.6. The molecule has 0 radical (unpaired) electrons. The minimum atomic E-state index is -3.62. The van der Waals surface area contributed by atoms with Crippen LogP contribution in [-0.2, 0) is 14.8 Å². The van der Waals surface area contributed by atoms with Gasteiger partial charge in [-0.2, -0.15) is 4.31 Å². The molecule has 3 aromatic rings. The molecule has 0 unspecified atom stereocenters. The molecule has 0 N–H and O–H groups in total. The van der Waals surface area contributed by atoms with Crippen molar-refractivity contribution >= 4 is 70.1 Å². The van der Waals surface area contributed by atoms with Crippen LogP contribution in [0, 0.1) is 5.92 Å². The number of halogens is 2. The molecule has 0 spiro atoms. The zero-order valence-corrected chi connectivity index (χ0v) is 24.3. The average molecular weight is 614 g/mol. The molecule has 0 aliphatic carbocycles. The summed E-state index contributed by atoms with van der Waals surface area (Å²) in [6.45, 7) is 7.95. The molecule has 0 bridgehead atoms. The van der Waals surface area contributed by atoms with Crippen molar-refractivity contribution < 1.29 is 13.2 Å². The first kappa shape index (κ1) is 27.5. The van der Waals surface area contributed by atoms with E-state index in [2.05, 4.69) is 34.7 Å². The van der Waals surface area contributed by atoms with Gasteiger partial charge in [-0.25, -0.2) is 13.4 Å². The molecule has 1 aliphatic heterocycles. The summed E-state index contributed by atoms with van der Waals surface area (Å²) in [5, 5.41) is 1.18. The van der Waals surface area contributed by atoms with Crippen LogP contribution in [0.3, 0.4) is 0 Å². The summed E-state index contributed by atoms with van der Waals surface area (Å²) in [4.78, 5) is 22.9. The van der Waals surface area contributed by atoms with E-state index in [9.17, 15) is 13.2 Å². The van der Waals surface area contributed by atoms with Crippen LogP contribution >= 0.6 is 38.9 Å². The number of carbonyl (C=O) groups excluding carboxylic acids is 1. The van der Waals surface area contributed by atoms with Crippen LogP contribution in [0.5, 0.6) is 0 Å². The summed E-state index contributed by atoms with van der Waals surface area (Å²) in [7, 11) is -3.62. The van der Waals surface area contributed by atoms with Gasteiger partial charge < -0.3 is 4.90 Å². The lowest BCUT2D eigenvalue weighted by atomic mass is 9.96. The van der Waals surface area contributed by atoms with E-state index in [1.54, 1.807) is 12.1 Å². The molecular weight excluding hydrogens is 584 g/mol. The van der Waals surface area contributed by atoms with Gasteiger partial charge in [0.05, 0.1) is 15.1 Å². The zero-order valence-electron chi connectivity index (χ0n) is 20.4. The van der Waals surface area contributed by atoms with Crippen molar-refractivity contribution in [2.75, 3.05) is 44.2 Å². The number of likely N-dealkylation sites (N-methyl/N-ethyl adjacent to an activating group) is 1. The molecule has 1 aromatic heterocycles. The average Bonchev–Trinajstić information content (AvgIpc) is 3.29. The molecule has 0 atom stereocenters. The van der Waals surface area contributed by atoms with Crippen molar-refractivity contribution in [2.24, 2.45) is 5.92 Å². The second kappa shape index (κ2) is 11.9. The van der Waals surface area contributed by atoms with Crippen molar-refractivity contribution in [1.29, 1.82) is 0 Å². The number of benzene rings is 2. The van der Waals surface area contributed by atoms with Crippen molar-refractivity contribution in [3.05, 3.63) is 52.0 Å². The van der Waals surface area contributed by atoms with Crippen molar-refractivity contribution in [3.8, 4) is 0 Å². The second-order valence-corrected chi connectivity index (χ2v) is 13.1. The van der Waals surface area contributed by atoms with E-state index in [1.165, 1.54) is 27.8 Å². The Hall–Kier alpha value is -1.56. The first-order valence-corrected chi connectivity index (χ1v) is 15.5. The highest BCUT2D eigenvalue weighted by atomic mass is 79.9. The van der Waals surface area contributed by atoms with Crippen LogP contribution in [0.1, 0.15) is 26.7 Å². The molecular formula is C25H30BrClN4O3S2. The number of anilines is 1. The van der Waals surface area contributed by atoms with Gasteiger partial charge in [0.1, 0.15) is 0 Å². The minimum Gasteiger partial charge on any atom is -0.302 e. The highest BCUT2D eigenvalue weighted by Crippen LogP contribution is 2.33. The number of aromatic nitrogens is 1. The van der Waals surface area contributed by atoms with Gasteiger partial charge in [0, 0.05) is 41.6 Å². The highest BCUT2D eigenvalue weighted by molar-refractivity contribution is 9.10. The van der Waals surface area contributed by atoms with E-state index < -0.39 is 10.0 Å². The van der Waals surface area contributed by atoms with Gasteiger partial charge in [0.2, 0.25) is 15.9 Å². The number of sulfonamides is 1. The second-order valence-electron chi connectivity index (χ2n) is 8.76. The van der Waals surface area contributed by atoms with Gasteiger partial charge in [0.15, 0.2) is 5.13 Å². The van der Waals surface area contributed by atoms with Crippen LogP contribution in [0.2, 0.25) is 5.02 Å². The lowest BCUT2D eigenvalue weighted by Gasteiger charge is -2.33. The fourth-order valence-corrected chi connectivity index (χ4v) is 7.55. The Kier molecular flexibility index (Phi) is 9.06. The maximum absolute atomic E-state index is 13.8. The van der Waals surface area contributed by atoms with E-state index in [0.29, 0.717) is 42.6 Å². The molecule has 1 saturated heterocycles. The van der Waals surface area contributed by atoms with Crippen LogP contribution in [-0.4, -0.2) is 67.8 Å². The van der Waals surface area contributed by atoms with Gasteiger partial charge in [-0.15, -0.1) is 0 Å². The Labute approximate surface area is 230 Å². The molecule has 36 heavy (non-hydrogen) atoms. The number of nitrogens with zero attached hydrogens (tertiary/aromatic N) is 4. The SMILES string of the molecule is CCN(CC)CCN(C(=O)C1CCN(S(=O)(=O)c2ccc(Cl)cc2)CC1)c1nc2ccc(Br)cc2s1. The smallest absolute Gasteiger partial charge is 0.243 e. The number of piperidine rings is 1. The van der Waals surface area contributed by atoms with Crippen molar-refractivity contribution in [3.63, 3.8) is 0 Å². The van der Waals surface area contributed by atoms with Gasteiger partial charge in [-0.3, -0.25) is 9.69 Å². The normalized spacial score (nSPS) is 15.6. The largest absolute Gasteiger partial charge is 0.302 e. The number of carbonyl (C=O) groups is 1. The summed E-state index contributed by atoms with van der Waals surface area (Å²) in [6.07, 6.45) is 0.952. The monoisotopic (exact) mass is 612 g/mol. The van der Waals surface area contributed by atoms with Crippen molar-refractivity contribution in [1.82, 2.24) is 14.2 Å². The summed E-state index contributed by atoms with van der Waals surface area (Å²) in [6, 6.07) is 12.1.